The molecule has 0 aromatic heterocycles. The van der Waals surface area contributed by atoms with Crippen LogP contribution in [0.4, 0.5) is 29.3 Å². The molecule has 3 aromatic rings. The number of alkyl halides is 3. The number of carbonyl (C=O) groups excluding carboxylic acids is 2. The largest absolute Gasteiger partial charge is 0.484 e. The number of anilines is 2. The third kappa shape index (κ3) is 8.22. The molecule has 10 heteroatoms. The van der Waals surface area contributed by atoms with E-state index in [0.717, 1.165) is 12.1 Å². The minimum absolute atomic E-state index is 0.0263. The van der Waals surface area contributed by atoms with Crippen LogP contribution < -0.4 is 20.3 Å². The van der Waals surface area contributed by atoms with E-state index in [1.807, 2.05) is 0 Å². The summed E-state index contributed by atoms with van der Waals surface area (Å²) in [6.45, 7) is 0.302. The topological polar surface area (TPSA) is 70.7 Å². The number of nitrogens with one attached hydrogen (secondary N) is 2. The fourth-order valence-electron chi connectivity index (χ4n) is 3.12. The van der Waals surface area contributed by atoms with E-state index in [1.165, 1.54) is 17.0 Å². The van der Waals surface area contributed by atoms with Crippen molar-refractivity contribution in [1.82, 2.24) is 5.32 Å². The maximum Gasteiger partial charge on any atom is 0.416 e. The van der Waals surface area contributed by atoms with Crippen molar-refractivity contribution >= 4 is 34.9 Å². The number of hydrogen-bond acceptors (Lipinski definition) is 3. The molecule has 0 atom stereocenters. The monoisotopic (exact) mass is 505 g/mol. The summed E-state index contributed by atoms with van der Waals surface area (Å²) in [5.41, 5.74) is -0.266. The Morgan fingerprint density at radius 3 is 2.34 bits per heavy atom. The lowest BCUT2D eigenvalue weighted by molar-refractivity contribution is -0.137. The second kappa shape index (κ2) is 12.1. The number of ether oxygens (including phenoxy) is 1. The Morgan fingerprint density at radius 1 is 0.943 bits per heavy atom. The molecule has 0 fully saturated rings. The Bertz CT molecular complexity index is 1130. The molecule has 0 unspecified atom stereocenters. The van der Waals surface area contributed by atoms with Crippen LogP contribution in [0.1, 0.15) is 12.0 Å². The smallest absolute Gasteiger partial charge is 0.416 e. The Kier molecular flexibility index (Phi) is 8.97. The highest BCUT2D eigenvalue weighted by Crippen LogP contribution is 2.30. The molecule has 0 aliphatic heterocycles. The predicted molar refractivity (Wildman–Crippen MR) is 129 cm³/mol. The SMILES string of the molecule is O=C(COc1ccc(Cl)cc1)NCCCN(C(=O)Nc1cccc(C(F)(F)F)c1)c1ccccc1. The zero-order valence-corrected chi connectivity index (χ0v) is 19.3. The standard InChI is InChI=1S/C25H23ClF3N3O3/c26-19-10-12-22(13-11-19)35-17-23(33)30-14-5-15-32(21-8-2-1-3-9-21)24(34)31-20-7-4-6-18(16-20)25(27,28)29/h1-4,6-13,16H,5,14-15,17H2,(H,30,33)(H,31,34). The summed E-state index contributed by atoms with van der Waals surface area (Å²) in [5, 5.41) is 5.78. The normalized spacial score (nSPS) is 11.0. The number of benzene rings is 3. The van der Waals surface area contributed by atoms with Crippen LogP contribution in [-0.4, -0.2) is 31.6 Å². The lowest BCUT2D eigenvalue weighted by atomic mass is 10.2. The first kappa shape index (κ1) is 25.9. The van der Waals surface area contributed by atoms with E-state index in [-0.39, 0.29) is 31.3 Å². The minimum atomic E-state index is -4.52. The van der Waals surface area contributed by atoms with E-state index in [4.69, 9.17) is 16.3 Å². The van der Waals surface area contributed by atoms with Gasteiger partial charge < -0.3 is 15.4 Å². The molecular weight excluding hydrogens is 483 g/mol. The molecule has 2 N–H and O–H groups in total. The molecular formula is C25H23ClF3N3O3. The number of rotatable bonds is 9. The minimum Gasteiger partial charge on any atom is -0.484 e. The van der Waals surface area contributed by atoms with E-state index in [9.17, 15) is 22.8 Å². The number of halogens is 4. The van der Waals surface area contributed by atoms with Crippen LogP contribution in [0.5, 0.6) is 5.75 Å². The Balaban J connectivity index is 1.54. The van der Waals surface area contributed by atoms with Crippen molar-refractivity contribution < 1.29 is 27.5 Å². The summed E-state index contributed by atoms with van der Waals surface area (Å²) in [6.07, 6.45) is -4.12. The first-order chi connectivity index (χ1) is 16.7. The Labute approximate surface area is 205 Å². The quantitative estimate of drug-likeness (QED) is 0.351. The third-order valence-corrected chi connectivity index (χ3v) is 5.07. The highest BCUT2D eigenvalue weighted by Gasteiger charge is 2.30. The van der Waals surface area contributed by atoms with Gasteiger partial charge in [0.2, 0.25) is 0 Å². The molecule has 0 bridgehead atoms. The zero-order valence-electron chi connectivity index (χ0n) is 18.5. The lowest BCUT2D eigenvalue weighted by Gasteiger charge is -2.23. The maximum atomic E-state index is 13.0. The van der Waals surface area contributed by atoms with E-state index in [2.05, 4.69) is 10.6 Å². The Morgan fingerprint density at radius 2 is 1.66 bits per heavy atom. The third-order valence-electron chi connectivity index (χ3n) is 4.82. The van der Waals surface area contributed by atoms with E-state index in [0.29, 0.717) is 22.9 Å². The number of nitrogens with zero attached hydrogens (tertiary/aromatic N) is 1. The van der Waals surface area contributed by atoms with Crippen molar-refractivity contribution in [1.29, 1.82) is 0 Å². The van der Waals surface area contributed by atoms with Crippen LogP contribution >= 0.6 is 11.6 Å². The van der Waals surface area contributed by atoms with Crippen LogP contribution in [0.25, 0.3) is 0 Å². The van der Waals surface area contributed by atoms with Gasteiger partial charge in [0.15, 0.2) is 6.61 Å². The summed E-state index contributed by atoms with van der Waals surface area (Å²) < 4.78 is 44.4. The molecule has 0 saturated carbocycles. The molecule has 0 spiro atoms. The maximum absolute atomic E-state index is 13.0. The number of carbonyl (C=O) groups is 2. The first-order valence-corrected chi connectivity index (χ1v) is 11.1. The summed E-state index contributed by atoms with van der Waals surface area (Å²) >= 11 is 5.81. The molecule has 0 aliphatic rings. The molecule has 6 nitrogen and oxygen atoms in total. The average Bonchev–Trinajstić information content (AvgIpc) is 2.84. The van der Waals surface area contributed by atoms with Gasteiger partial charge in [-0.2, -0.15) is 13.2 Å². The zero-order chi connectivity index (χ0) is 25.3. The van der Waals surface area contributed by atoms with Gasteiger partial charge in [-0.05, 0) is 61.0 Å². The lowest BCUT2D eigenvalue weighted by Crippen LogP contribution is -2.38. The molecule has 0 radical (unpaired) electrons. The van der Waals surface area contributed by atoms with Gasteiger partial charge in [-0.3, -0.25) is 9.69 Å². The van der Waals surface area contributed by atoms with Gasteiger partial charge in [0, 0.05) is 29.5 Å². The first-order valence-electron chi connectivity index (χ1n) is 10.7. The molecule has 3 amide bonds. The van der Waals surface area contributed by atoms with Crippen molar-refractivity contribution in [3.05, 3.63) is 89.4 Å². The molecule has 0 aliphatic carbocycles. The van der Waals surface area contributed by atoms with Gasteiger partial charge in [0.1, 0.15) is 5.75 Å². The highest BCUT2D eigenvalue weighted by molar-refractivity contribution is 6.30. The number of para-hydroxylation sites is 1. The number of amides is 3. The summed E-state index contributed by atoms with van der Waals surface area (Å²) in [7, 11) is 0. The van der Waals surface area contributed by atoms with Crippen LogP contribution in [0.15, 0.2) is 78.9 Å². The van der Waals surface area contributed by atoms with Gasteiger partial charge in [-0.25, -0.2) is 4.79 Å². The molecule has 0 saturated heterocycles. The van der Waals surface area contributed by atoms with Crippen LogP contribution in [0, 0.1) is 0 Å². The van der Waals surface area contributed by atoms with Crippen molar-refractivity contribution in [2.24, 2.45) is 0 Å². The summed E-state index contributed by atoms with van der Waals surface area (Å²) in [4.78, 5) is 26.3. The van der Waals surface area contributed by atoms with Gasteiger partial charge in [0.25, 0.3) is 5.91 Å². The molecule has 35 heavy (non-hydrogen) atoms. The predicted octanol–water partition coefficient (Wildman–Crippen LogP) is 5.98. The van der Waals surface area contributed by atoms with Crippen LogP contribution in [0.2, 0.25) is 5.02 Å². The molecule has 184 valence electrons. The van der Waals surface area contributed by atoms with E-state index >= 15 is 0 Å². The van der Waals surface area contributed by atoms with Crippen LogP contribution in [0.3, 0.4) is 0 Å². The number of urea groups is 1. The summed E-state index contributed by atoms with van der Waals surface area (Å²) in [5.74, 6) is 0.172. The van der Waals surface area contributed by atoms with Crippen molar-refractivity contribution in [2.45, 2.75) is 12.6 Å². The van der Waals surface area contributed by atoms with E-state index < -0.39 is 17.8 Å². The second-order valence-corrected chi connectivity index (χ2v) is 7.88. The van der Waals surface area contributed by atoms with Gasteiger partial charge >= 0.3 is 12.2 Å². The molecule has 3 rings (SSSR count). The second-order valence-electron chi connectivity index (χ2n) is 7.44. The molecule has 0 heterocycles. The van der Waals surface area contributed by atoms with Crippen molar-refractivity contribution in [3.63, 3.8) is 0 Å². The van der Waals surface area contributed by atoms with Gasteiger partial charge in [-0.15, -0.1) is 0 Å². The van der Waals surface area contributed by atoms with Gasteiger partial charge in [-0.1, -0.05) is 35.9 Å². The Hall–Kier alpha value is -3.72. The van der Waals surface area contributed by atoms with Crippen molar-refractivity contribution in [2.75, 3.05) is 29.9 Å². The van der Waals surface area contributed by atoms with E-state index in [1.54, 1.807) is 54.6 Å². The van der Waals surface area contributed by atoms with Gasteiger partial charge in [0.05, 0.1) is 5.56 Å². The van der Waals surface area contributed by atoms with Crippen molar-refractivity contribution in [3.8, 4) is 5.75 Å². The molecule has 3 aromatic carbocycles. The fraction of sp³-hybridized carbons (Fsp3) is 0.200. The summed E-state index contributed by atoms with van der Waals surface area (Å²) in [6, 6.07) is 19.1. The average molecular weight is 506 g/mol. The number of hydrogen-bond donors (Lipinski definition) is 2. The highest BCUT2D eigenvalue weighted by atomic mass is 35.5. The fourth-order valence-corrected chi connectivity index (χ4v) is 3.24. The van der Waals surface area contributed by atoms with Crippen LogP contribution in [-0.2, 0) is 11.0 Å².